The highest BCUT2D eigenvalue weighted by atomic mass is 16.5. The topological polar surface area (TPSA) is 40.6 Å². The van der Waals surface area contributed by atoms with Gasteiger partial charge in [0.25, 0.3) is 0 Å². The van der Waals surface area contributed by atoms with E-state index in [1.165, 1.54) is 12.1 Å². The van der Waals surface area contributed by atoms with E-state index in [1.807, 2.05) is 0 Å². The van der Waals surface area contributed by atoms with Crippen molar-refractivity contribution in [2.24, 2.45) is 0 Å². The molecule has 1 aromatic rings. The van der Waals surface area contributed by atoms with E-state index in [0.717, 1.165) is 44.4 Å². The van der Waals surface area contributed by atoms with E-state index in [-0.39, 0.29) is 0 Å². The molecule has 0 saturated carbocycles. The van der Waals surface area contributed by atoms with Crippen molar-refractivity contribution in [3.8, 4) is 0 Å². The van der Waals surface area contributed by atoms with E-state index in [1.54, 1.807) is 0 Å². The summed E-state index contributed by atoms with van der Waals surface area (Å²) in [6, 6.07) is 4.95. The van der Waals surface area contributed by atoms with E-state index in [0.29, 0.717) is 12.1 Å². The van der Waals surface area contributed by atoms with Crippen LogP contribution in [0.4, 0.5) is 17.3 Å². The van der Waals surface area contributed by atoms with Gasteiger partial charge in [-0.15, -0.1) is 0 Å². The van der Waals surface area contributed by atoms with Gasteiger partial charge in [-0.1, -0.05) is 0 Å². The lowest BCUT2D eigenvalue weighted by Crippen LogP contribution is -2.41. The van der Waals surface area contributed by atoms with E-state index in [9.17, 15) is 0 Å². The first-order chi connectivity index (χ1) is 9.29. The SMILES string of the molecule is C[C@@H]1CN(c2ccc3c(n2)NC2CCN3C2)CCO1. The Hall–Kier alpha value is -1.49. The van der Waals surface area contributed by atoms with Crippen LogP contribution in [0, 0.1) is 0 Å². The third-order valence-corrected chi connectivity index (χ3v) is 4.29. The van der Waals surface area contributed by atoms with Crippen LogP contribution in [0.15, 0.2) is 12.1 Å². The maximum atomic E-state index is 5.59. The fourth-order valence-corrected chi connectivity index (χ4v) is 3.30. The van der Waals surface area contributed by atoms with Gasteiger partial charge in [0.15, 0.2) is 5.82 Å². The second-order valence-corrected chi connectivity index (χ2v) is 5.74. The van der Waals surface area contributed by atoms with Gasteiger partial charge in [-0.05, 0) is 25.5 Å². The number of fused-ring (bicyclic) bond motifs is 4. The van der Waals surface area contributed by atoms with Crippen molar-refractivity contribution in [2.45, 2.75) is 25.5 Å². The molecule has 1 unspecified atom stereocenters. The van der Waals surface area contributed by atoms with Gasteiger partial charge in [-0.25, -0.2) is 4.98 Å². The summed E-state index contributed by atoms with van der Waals surface area (Å²) in [5, 5.41) is 3.57. The molecule has 4 heterocycles. The number of nitrogens with one attached hydrogen (secondary N) is 1. The number of morpholine rings is 1. The van der Waals surface area contributed by atoms with Crippen molar-refractivity contribution in [2.75, 3.05) is 47.9 Å². The van der Waals surface area contributed by atoms with E-state index < -0.39 is 0 Å². The summed E-state index contributed by atoms with van der Waals surface area (Å²) in [6.07, 6.45) is 1.51. The zero-order chi connectivity index (χ0) is 12.8. The quantitative estimate of drug-likeness (QED) is 0.824. The third kappa shape index (κ3) is 1.92. The number of hydrogen-bond acceptors (Lipinski definition) is 5. The molecule has 2 atom stereocenters. The van der Waals surface area contributed by atoms with E-state index >= 15 is 0 Å². The minimum Gasteiger partial charge on any atom is -0.375 e. The largest absolute Gasteiger partial charge is 0.375 e. The summed E-state index contributed by atoms with van der Waals surface area (Å²) in [7, 11) is 0. The zero-order valence-corrected chi connectivity index (χ0v) is 11.3. The molecule has 5 nitrogen and oxygen atoms in total. The monoisotopic (exact) mass is 260 g/mol. The van der Waals surface area contributed by atoms with Gasteiger partial charge in [-0.2, -0.15) is 0 Å². The summed E-state index contributed by atoms with van der Waals surface area (Å²) in [6.45, 7) is 7.06. The van der Waals surface area contributed by atoms with Gasteiger partial charge in [-0.3, -0.25) is 0 Å². The highest BCUT2D eigenvalue weighted by Gasteiger charge is 2.31. The van der Waals surface area contributed by atoms with Crippen LogP contribution in [0.25, 0.3) is 0 Å². The number of rotatable bonds is 1. The molecule has 3 aliphatic heterocycles. The molecule has 0 amide bonds. The van der Waals surface area contributed by atoms with Crippen LogP contribution in [0.1, 0.15) is 13.3 Å². The van der Waals surface area contributed by atoms with Crippen LogP contribution >= 0.6 is 0 Å². The summed E-state index contributed by atoms with van der Waals surface area (Å²) >= 11 is 0. The fourth-order valence-electron chi connectivity index (χ4n) is 3.30. The maximum Gasteiger partial charge on any atom is 0.152 e. The van der Waals surface area contributed by atoms with E-state index in [4.69, 9.17) is 9.72 Å². The van der Waals surface area contributed by atoms with Crippen LogP contribution in [0.3, 0.4) is 0 Å². The lowest BCUT2D eigenvalue weighted by Gasteiger charge is -2.34. The normalized spacial score (nSPS) is 29.1. The Morgan fingerprint density at radius 3 is 3.11 bits per heavy atom. The molecule has 2 fully saturated rings. The lowest BCUT2D eigenvalue weighted by molar-refractivity contribution is 0.0529. The summed E-state index contributed by atoms with van der Waals surface area (Å²) in [5.41, 5.74) is 1.26. The number of hydrogen-bond donors (Lipinski definition) is 1. The molecule has 0 spiro atoms. The number of pyridine rings is 1. The van der Waals surface area contributed by atoms with Gasteiger partial charge >= 0.3 is 0 Å². The molecule has 3 aliphatic rings. The summed E-state index contributed by atoms with van der Waals surface area (Å²) < 4.78 is 5.59. The second-order valence-electron chi connectivity index (χ2n) is 5.74. The average molecular weight is 260 g/mol. The number of aromatic nitrogens is 1. The van der Waals surface area contributed by atoms with Crippen molar-refractivity contribution in [3.05, 3.63) is 12.1 Å². The predicted octanol–water partition coefficient (Wildman–Crippen LogP) is 1.31. The lowest BCUT2D eigenvalue weighted by atomic mass is 10.2. The molecule has 0 aliphatic carbocycles. The van der Waals surface area contributed by atoms with Crippen molar-refractivity contribution in [3.63, 3.8) is 0 Å². The third-order valence-electron chi connectivity index (χ3n) is 4.29. The van der Waals surface area contributed by atoms with Gasteiger partial charge < -0.3 is 19.9 Å². The molecular weight excluding hydrogens is 240 g/mol. The smallest absolute Gasteiger partial charge is 0.152 e. The highest BCUT2D eigenvalue weighted by Crippen LogP contribution is 2.35. The first-order valence-corrected chi connectivity index (χ1v) is 7.19. The predicted molar refractivity (Wildman–Crippen MR) is 76.1 cm³/mol. The highest BCUT2D eigenvalue weighted by molar-refractivity contribution is 5.72. The molecular formula is C14H20N4O. The van der Waals surface area contributed by atoms with Crippen molar-refractivity contribution in [1.29, 1.82) is 0 Å². The number of anilines is 3. The van der Waals surface area contributed by atoms with Crippen molar-refractivity contribution >= 4 is 17.3 Å². The maximum absolute atomic E-state index is 5.59. The first-order valence-electron chi connectivity index (χ1n) is 7.19. The minimum absolute atomic E-state index is 0.291. The molecule has 5 heteroatoms. The molecule has 0 radical (unpaired) electrons. The Morgan fingerprint density at radius 2 is 2.21 bits per heavy atom. The molecule has 2 saturated heterocycles. The van der Waals surface area contributed by atoms with Crippen LogP contribution in [0.5, 0.6) is 0 Å². The first kappa shape index (κ1) is 11.3. The van der Waals surface area contributed by atoms with Gasteiger partial charge in [0.2, 0.25) is 0 Å². The van der Waals surface area contributed by atoms with Crippen LogP contribution < -0.4 is 15.1 Å². The number of nitrogens with zero attached hydrogens (tertiary/aromatic N) is 3. The van der Waals surface area contributed by atoms with Crippen molar-refractivity contribution < 1.29 is 4.74 Å². The Kier molecular flexibility index (Phi) is 2.55. The van der Waals surface area contributed by atoms with Gasteiger partial charge in [0.05, 0.1) is 18.4 Å². The van der Waals surface area contributed by atoms with Crippen LogP contribution in [0.2, 0.25) is 0 Å². The Bertz CT molecular complexity index is 492. The van der Waals surface area contributed by atoms with E-state index in [2.05, 4.69) is 34.2 Å². The van der Waals surface area contributed by atoms with Crippen LogP contribution in [-0.4, -0.2) is 49.9 Å². The second kappa shape index (κ2) is 4.27. The molecule has 19 heavy (non-hydrogen) atoms. The van der Waals surface area contributed by atoms with Gasteiger partial charge in [0, 0.05) is 32.2 Å². The molecule has 102 valence electrons. The van der Waals surface area contributed by atoms with Crippen molar-refractivity contribution in [1.82, 2.24) is 4.98 Å². The Morgan fingerprint density at radius 1 is 1.26 bits per heavy atom. The van der Waals surface area contributed by atoms with Gasteiger partial charge in [0.1, 0.15) is 5.82 Å². The minimum atomic E-state index is 0.291. The molecule has 1 N–H and O–H groups in total. The zero-order valence-electron chi connectivity index (χ0n) is 11.3. The average Bonchev–Trinajstić information content (AvgIpc) is 2.81. The van der Waals surface area contributed by atoms with Crippen LogP contribution in [-0.2, 0) is 4.74 Å². The Balaban J connectivity index is 1.63. The Labute approximate surface area is 113 Å². The summed E-state index contributed by atoms with van der Waals surface area (Å²) in [5.74, 6) is 2.13. The summed E-state index contributed by atoms with van der Waals surface area (Å²) in [4.78, 5) is 9.59. The molecule has 2 bridgehead atoms. The molecule has 1 aromatic heterocycles. The number of ether oxygens (including phenoxy) is 1. The fraction of sp³-hybridized carbons (Fsp3) is 0.643. The molecule has 4 rings (SSSR count). The standard InChI is InChI=1S/C14H20N4O/c1-10-8-18(6-7-19-10)13-3-2-12-14(16-13)15-11-4-5-17(12)9-11/h2-3,10-11H,4-9H2,1H3,(H,15,16)/t10-,11?/m1/s1. The molecule has 0 aromatic carbocycles.